The number of nitrogens with two attached hydrogens (primary N) is 1. The molecule has 2 N–H and O–H groups in total. The third-order valence-electron chi connectivity index (χ3n) is 2.75. The third kappa shape index (κ3) is 4.58. The number of hydrogen-bond donors (Lipinski definition) is 1. The molecule has 2 rings (SSSR count). The second kappa shape index (κ2) is 7.20. The summed E-state index contributed by atoms with van der Waals surface area (Å²) >= 11 is 4.79. The smallest absolute Gasteiger partial charge is 0.126 e. The SMILES string of the molecule is NC(CSc1cccc(F)c1)Cc1cc(Br)ccc1F. The van der Waals surface area contributed by atoms with E-state index in [1.807, 2.05) is 6.07 Å². The normalized spacial score (nSPS) is 12.4. The Hall–Kier alpha value is -0.910. The zero-order valence-electron chi connectivity index (χ0n) is 10.7. The van der Waals surface area contributed by atoms with Crippen molar-refractivity contribution in [3.63, 3.8) is 0 Å². The topological polar surface area (TPSA) is 26.0 Å². The van der Waals surface area contributed by atoms with Crippen LogP contribution in [-0.4, -0.2) is 11.8 Å². The van der Waals surface area contributed by atoms with Crippen LogP contribution in [0.1, 0.15) is 5.56 Å². The number of rotatable bonds is 5. The summed E-state index contributed by atoms with van der Waals surface area (Å²) in [5.74, 6) is 0.0936. The minimum absolute atomic E-state index is 0.188. The highest BCUT2D eigenvalue weighted by Gasteiger charge is 2.10. The highest BCUT2D eigenvalue weighted by Crippen LogP contribution is 2.21. The maximum Gasteiger partial charge on any atom is 0.126 e. The van der Waals surface area contributed by atoms with Crippen LogP contribution in [0.25, 0.3) is 0 Å². The van der Waals surface area contributed by atoms with Gasteiger partial charge in [0.15, 0.2) is 0 Å². The number of hydrogen-bond acceptors (Lipinski definition) is 2. The first-order chi connectivity index (χ1) is 9.54. The first-order valence-corrected chi connectivity index (χ1v) is 7.90. The largest absolute Gasteiger partial charge is 0.327 e. The number of benzene rings is 2. The summed E-state index contributed by atoms with van der Waals surface area (Å²) in [6, 6.07) is 11.0. The summed E-state index contributed by atoms with van der Waals surface area (Å²) in [6.07, 6.45) is 0.452. The number of thioether (sulfide) groups is 1. The molecule has 0 aromatic heterocycles. The molecule has 1 unspecified atom stereocenters. The quantitative estimate of drug-likeness (QED) is 0.803. The standard InChI is InChI=1S/C15H14BrF2NS/c16-11-4-5-15(18)10(6-11)7-13(19)9-20-14-3-1-2-12(17)8-14/h1-6,8,13H,7,9,19H2. The van der Waals surface area contributed by atoms with Crippen molar-refractivity contribution in [2.24, 2.45) is 5.73 Å². The molecule has 0 aliphatic rings. The Morgan fingerprint density at radius 3 is 2.70 bits per heavy atom. The molecular weight excluding hydrogens is 344 g/mol. The van der Waals surface area contributed by atoms with Crippen LogP contribution in [0.2, 0.25) is 0 Å². The van der Waals surface area contributed by atoms with E-state index in [0.29, 0.717) is 17.7 Å². The first-order valence-electron chi connectivity index (χ1n) is 6.12. The van der Waals surface area contributed by atoms with E-state index in [1.165, 1.54) is 30.0 Å². The predicted molar refractivity (Wildman–Crippen MR) is 82.9 cm³/mol. The van der Waals surface area contributed by atoms with E-state index in [0.717, 1.165) is 9.37 Å². The van der Waals surface area contributed by atoms with Gasteiger partial charge < -0.3 is 5.73 Å². The van der Waals surface area contributed by atoms with Crippen molar-refractivity contribution in [3.05, 3.63) is 64.1 Å². The summed E-state index contributed by atoms with van der Waals surface area (Å²) in [6.45, 7) is 0. The molecule has 1 atom stereocenters. The molecule has 0 radical (unpaired) electrons. The van der Waals surface area contributed by atoms with Crippen LogP contribution in [0.5, 0.6) is 0 Å². The Bertz CT molecular complexity index is 592. The van der Waals surface area contributed by atoms with E-state index in [2.05, 4.69) is 15.9 Å². The fourth-order valence-electron chi connectivity index (χ4n) is 1.80. The van der Waals surface area contributed by atoms with Gasteiger partial charge in [-0.25, -0.2) is 8.78 Å². The minimum atomic E-state index is -0.262. The van der Waals surface area contributed by atoms with Crippen molar-refractivity contribution in [1.82, 2.24) is 0 Å². The fraction of sp³-hybridized carbons (Fsp3) is 0.200. The lowest BCUT2D eigenvalue weighted by Gasteiger charge is -2.12. The van der Waals surface area contributed by atoms with Gasteiger partial charge in [0.05, 0.1) is 0 Å². The Labute approximate surface area is 129 Å². The highest BCUT2D eigenvalue weighted by molar-refractivity contribution is 9.10. The van der Waals surface area contributed by atoms with Crippen LogP contribution in [0.3, 0.4) is 0 Å². The third-order valence-corrected chi connectivity index (χ3v) is 4.43. The van der Waals surface area contributed by atoms with Crippen LogP contribution >= 0.6 is 27.7 Å². The Morgan fingerprint density at radius 2 is 1.95 bits per heavy atom. The van der Waals surface area contributed by atoms with Gasteiger partial charge in [0, 0.05) is 21.2 Å². The van der Waals surface area contributed by atoms with E-state index >= 15 is 0 Å². The Kier molecular flexibility index (Phi) is 5.57. The van der Waals surface area contributed by atoms with Gasteiger partial charge in [-0.15, -0.1) is 11.8 Å². The van der Waals surface area contributed by atoms with Crippen molar-refractivity contribution in [2.75, 3.05) is 5.75 Å². The predicted octanol–water partition coefficient (Wildman–Crippen LogP) is 4.39. The molecule has 2 aromatic rings. The second-order valence-electron chi connectivity index (χ2n) is 4.47. The van der Waals surface area contributed by atoms with Gasteiger partial charge in [-0.05, 0) is 48.4 Å². The summed E-state index contributed by atoms with van der Waals surface area (Å²) in [7, 11) is 0. The Morgan fingerprint density at radius 1 is 1.15 bits per heavy atom. The maximum atomic E-state index is 13.6. The molecule has 0 saturated carbocycles. The summed E-state index contributed by atoms with van der Waals surface area (Å²) in [5.41, 5.74) is 6.60. The van der Waals surface area contributed by atoms with Crippen molar-refractivity contribution in [1.29, 1.82) is 0 Å². The van der Waals surface area contributed by atoms with Gasteiger partial charge in [0.2, 0.25) is 0 Å². The highest BCUT2D eigenvalue weighted by atomic mass is 79.9. The second-order valence-corrected chi connectivity index (χ2v) is 6.48. The average molecular weight is 358 g/mol. The monoisotopic (exact) mass is 357 g/mol. The zero-order valence-corrected chi connectivity index (χ0v) is 13.1. The van der Waals surface area contributed by atoms with Gasteiger partial charge in [-0.1, -0.05) is 22.0 Å². The summed E-state index contributed by atoms with van der Waals surface area (Å²) < 4.78 is 27.5. The minimum Gasteiger partial charge on any atom is -0.327 e. The van der Waals surface area contributed by atoms with E-state index in [4.69, 9.17) is 5.73 Å². The zero-order chi connectivity index (χ0) is 14.5. The molecule has 0 aliphatic heterocycles. The lowest BCUT2D eigenvalue weighted by atomic mass is 10.1. The van der Waals surface area contributed by atoms with Gasteiger partial charge in [-0.2, -0.15) is 0 Å². The average Bonchev–Trinajstić information content (AvgIpc) is 2.41. The molecule has 0 aliphatic carbocycles. The lowest BCUT2D eigenvalue weighted by molar-refractivity contribution is 0.597. The molecule has 2 aromatic carbocycles. The van der Waals surface area contributed by atoms with E-state index in [1.54, 1.807) is 18.2 Å². The summed E-state index contributed by atoms with van der Waals surface area (Å²) in [4.78, 5) is 0.829. The van der Waals surface area contributed by atoms with E-state index < -0.39 is 0 Å². The molecule has 20 heavy (non-hydrogen) atoms. The maximum absolute atomic E-state index is 13.6. The van der Waals surface area contributed by atoms with Gasteiger partial charge in [0.1, 0.15) is 11.6 Å². The molecule has 0 amide bonds. The van der Waals surface area contributed by atoms with Crippen molar-refractivity contribution >= 4 is 27.7 Å². The molecule has 1 nitrogen and oxygen atoms in total. The van der Waals surface area contributed by atoms with Gasteiger partial charge >= 0.3 is 0 Å². The van der Waals surface area contributed by atoms with E-state index in [9.17, 15) is 8.78 Å². The summed E-state index contributed by atoms with van der Waals surface area (Å²) in [5, 5.41) is 0. The lowest BCUT2D eigenvalue weighted by Crippen LogP contribution is -2.26. The van der Waals surface area contributed by atoms with Crippen LogP contribution in [0, 0.1) is 11.6 Å². The Balaban J connectivity index is 1.92. The van der Waals surface area contributed by atoms with Crippen molar-refractivity contribution in [2.45, 2.75) is 17.4 Å². The molecule has 0 fully saturated rings. The fourth-order valence-corrected chi connectivity index (χ4v) is 3.10. The molecular formula is C15H14BrF2NS. The van der Waals surface area contributed by atoms with Crippen LogP contribution in [-0.2, 0) is 6.42 Å². The van der Waals surface area contributed by atoms with Gasteiger partial charge in [0.25, 0.3) is 0 Å². The van der Waals surface area contributed by atoms with Crippen molar-refractivity contribution < 1.29 is 8.78 Å². The molecule has 0 saturated heterocycles. The molecule has 106 valence electrons. The molecule has 5 heteroatoms. The van der Waals surface area contributed by atoms with Crippen molar-refractivity contribution in [3.8, 4) is 0 Å². The van der Waals surface area contributed by atoms with E-state index in [-0.39, 0.29) is 17.7 Å². The molecule has 0 heterocycles. The number of halogens is 3. The van der Waals surface area contributed by atoms with Crippen LogP contribution < -0.4 is 5.73 Å². The molecule has 0 bridgehead atoms. The first kappa shape index (κ1) is 15.5. The molecule has 0 spiro atoms. The van der Waals surface area contributed by atoms with Crippen LogP contribution in [0.15, 0.2) is 51.8 Å². The van der Waals surface area contributed by atoms with Gasteiger partial charge in [-0.3, -0.25) is 0 Å². The van der Waals surface area contributed by atoms with Crippen LogP contribution in [0.4, 0.5) is 8.78 Å².